The number of fused-ring (bicyclic) bond motifs is 1. The third-order valence-corrected chi connectivity index (χ3v) is 3.64. The summed E-state index contributed by atoms with van der Waals surface area (Å²) in [5.74, 6) is -1.11. The number of benzene rings is 1. The van der Waals surface area contributed by atoms with Crippen molar-refractivity contribution in [1.82, 2.24) is 4.57 Å². The Hall–Kier alpha value is -0.750. The summed E-state index contributed by atoms with van der Waals surface area (Å²) < 4.78 is 6.76. The average molecular weight is 336 g/mol. The zero-order valence-corrected chi connectivity index (χ0v) is 15.4. The minimum absolute atomic E-state index is 0. The molecule has 0 atom stereocenters. The second kappa shape index (κ2) is 9.40. The van der Waals surface area contributed by atoms with Crippen molar-refractivity contribution in [2.45, 2.75) is 45.1 Å². The molecule has 1 heterocycles. The summed E-state index contributed by atoms with van der Waals surface area (Å²) in [4.78, 5) is 22.2. The van der Waals surface area contributed by atoms with Crippen molar-refractivity contribution in [3.05, 3.63) is 33.8 Å². The van der Waals surface area contributed by atoms with Gasteiger partial charge in [-0.2, -0.15) is 0 Å². The van der Waals surface area contributed by atoms with Crippen LogP contribution in [0.4, 0.5) is 0 Å². The molecule has 0 aliphatic rings. The van der Waals surface area contributed by atoms with Crippen LogP contribution in [0.2, 0.25) is 5.02 Å². The number of hydrogen-bond donors (Lipinski definition) is 1. The van der Waals surface area contributed by atoms with Crippen LogP contribution in [-0.4, -0.2) is 15.6 Å². The normalized spacial score (nSPS) is 10.6. The molecule has 0 aliphatic heterocycles. The molecular weight excluding hydrogens is 317 g/mol. The molecule has 0 saturated carbocycles. The van der Waals surface area contributed by atoms with Gasteiger partial charge in [-0.25, -0.2) is 4.79 Å². The zero-order valence-electron chi connectivity index (χ0n) is 13.7. The minimum Gasteiger partial charge on any atom is -1.00 e. The van der Waals surface area contributed by atoms with E-state index in [9.17, 15) is 9.59 Å². The van der Waals surface area contributed by atoms with Crippen molar-refractivity contribution >= 4 is 28.7 Å². The number of hydrogen-bond acceptors (Lipinski definition) is 3. The summed E-state index contributed by atoms with van der Waals surface area (Å²) in [6.07, 6.45) is 4.62. The van der Waals surface area contributed by atoms with Crippen molar-refractivity contribution in [3.8, 4) is 0 Å². The van der Waals surface area contributed by atoms with E-state index >= 15 is 0 Å². The van der Waals surface area contributed by atoms with E-state index in [1.165, 1.54) is 0 Å². The Morgan fingerprint density at radius 2 is 1.91 bits per heavy atom. The predicted molar refractivity (Wildman–Crippen MR) is 81.9 cm³/mol. The third kappa shape index (κ3) is 5.47. The number of oxazole rings is 1. The number of aliphatic carboxylic acids is 1. The van der Waals surface area contributed by atoms with Crippen LogP contribution in [0, 0.1) is 0 Å². The molecule has 22 heavy (non-hydrogen) atoms. The third-order valence-electron chi connectivity index (χ3n) is 3.40. The van der Waals surface area contributed by atoms with Crippen LogP contribution in [0.1, 0.15) is 40.0 Å². The van der Waals surface area contributed by atoms with E-state index in [0.717, 1.165) is 31.2 Å². The predicted octanol–water partition coefficient (Wildman–Crippen LogP) is 0.790. The van der Waals surface area contributed by atoms with Gasteiger partial charge >= 0.3 is 41.3 Å². The molecule has 1 aromatic heterocycles. The summed E-state index contributed by atoms with van der Waals surface area (Å²) >= 11 is 5.94. The molecule has 2 rings (SSSR count). The number of halogens is 1. The van der Waals surface area contributed by atoms with Gasteiger partial charge in [0, 0.05) is 18.0 Å². The largest absolute Gasteiger partial charge is 1.00 e. The van der Waals surface area contributed by atoms with E-state index in [0.29, 0.717) is 23.6 Å². The van der Waals surface area contributed by atoms with Crippen molar-refractivity contribution in [2.24, 2.45) is 0 Å². The van der Waals surface area contributed by atoms with Gasteiger partial charge in [-0.15, -0.1) is 0 Å². The summed E-state index contributed by atoms with van der Waals surface area (Å²) in [6, 6.07) is 5.12. The average Bonchev–Trinajstić information content (AvgIpc) is 2.73. The zero-order chi connectivity index (χ0) is 15.2. The standard InChI is InChI=1S/C15H18ClNO4.Na.H/c16-11-7-8-13-12(10-11)17(15(20)21-13)9-5-3-1-2-4-6-14(18)19;;/h7-8,10H,1-6,9H2,(H,18,19);;/q;+1;-1. The number of aryl methyl sites for hydroxylation is 1. The number of carboxylic acid groups (broad SMARTS) is 1. The quantitative estimate of drug-likeness (QED) is 0.572. The number of unbranched alkanes of at least 4 members (excludes halogenated alkanes) is 4. The maximum absolute atomic E-state index is 11.8. The fourth-order valence-corrected chi connectivity index (χ4v) is 2.49. The smallest absolute Gasteiger partial charge is 1.00 e. The second-order valence-corrected chi connectivity index (χ2v) is 5.48. The van der Waals surface area contributed by atoms with Crippen molar-refractivity contribution in [2.75, 3.05) is 0 Å². The monoisotopic (exact) mass is 335 g/mol. The second-order valence-electron chi connectivity index (χ2n) is 5.04. The molecule has 0 bridgehead atoms. The first kappa shape index (κ1) is 19.3. The Bertz CT molecular complexity index is 686. The van der Waals surface area contributed by atoms with Gasteiger partial charge in [0.05, 0.1) is 5.52 Å². The summed E-state index contributed by atoms with van der Waals surface area (Å²) in [5.41, 5.74) is 1.27. The van der Waals surface area contributed by atoms with E-state index in [-0.39, 0.29) is 43.2 Å². The topological polar surface area (TPSA) is 72.4 Å². The van der Waals surface area contributed by atoms with Crippen molar-refractivity contribution in [1.29, 1.82) is 0 Å². The molecule has 1 aromatic carbocycles. The van der Waals surface area contributed by atoms with Crippen LogP contribution >= 0.6 is 11.6 Å². The van der Waals surface area contributed by atoms with E-state index in [1.807, 2.05) is 0 Å². The Morgan fingerprint density at radius 3 is 2.64 bits per heavy atom. The maximum atomic E-state index is 11.8. The van der Waals surface area contributed by atoms with Gasteiger partial charge in [0.2, 0.25) is 0 Å². The van der Waals surface area contributed by atoms with Gasteiger partial charge in [-0.3, -0.25) is 9.36 Å². The summed E-state index contributed by atoms with van der Waals surface area (Å²) in [6.45, 7) is 0.588. The van der Waals surface area contributed by atoms with Crippen LogP contribution in [-0.2, 0) is 11.3 Å². The molecule has 0 spiro atoms. The number of rotatable bonds is 8. The van der Waals surface area contributed by atoms with Crippen molar-refractivity contribution < 1.29 is 45.3 Å². The molecule has 0 aliphatic carbocycles. The molecule has 7 heteroatoms. The molecule has 2 aromatic rings. The van der Waals surface area contributed by atoms with Crippen LogP contribution in [0.15, 0.2) is 27.4 Å². The Morgan fingerprint density at radius 1 is 1.23 bits per heavy atom. The number of carboxylic acids is 1. The van der Waals surface area contributed by atoms with Gasteiger partial charge in [-0.1, -0.05) is 30.9 Å². The Kier molecular flexibility index (Phi) is 8.25. The van der Waals surface area contributed by atoms with Gasteiger partial charge in [0.25, 0.3) is 0 Å². The fraction of sp³-hybridized carbons (Fsp3) is 0.467. The first-order valence-electron chi connectivity index (χ1n) is 7.08. The SMILES string of the molecule is O=C(O)CCCCCCCn1c(=O)oc2ccc(Cl)cc21.[H-].[Na+]. The van der Waals surface area contributed by atoms with E-state index < -0.39 is 5.97 Å². The van der Waals surface area contributed by atoms with Gasteiger partial charge in [0.15, 0.2) is 5.58 Å². The van der Waals surface area contributed by atoms with Crippen molar-refractivity contribution in [3.63, 3.8) is 0 Å². The Labute approximate surface area is 157 Å². The molecule has 1 N–H and O–H groups in total. The summed E-state index contributed by atoms with van der Waals surface area (Å²) in [7, 11) is 0. The van der Waals surface area contributed by atoms with E-state index in [2.05, 4.69) is 0 Å². The molecule has 0 unspecified atom stereocenters. The van der Waals surface area contributed by atoms with Gasteiger partial charge < -0.3 is 11.0 Å². The van der Waals surface area contributed by atoms with E-state index in [4.69, 9.17) is 21.1 Å². The van der Waals surface area contributed by atoms with Crippen LogP contribution in [0.3, 0.4) is 0 Å². The maximum Gasteiger partial charge on any atom is 1.00 e. The molecular formula is C15H19ClNNaO4. The molecule has 116 valence electrons. The number of nitrogens with zero attached hydrogens (tertiary/aromatic N) is 1. The van der Waals surface area contributed by atoms with Gasteiger partial charge in [0.1, 0.15) is 0 Å². The van der Waals surface area contributed by atoms with Crippen LogP contribution < -0.4 is 35.3 Å². The van der Waals surface area contributed by atoms with Gasteiger partial charge in [-0.05, 0) is 31.0 Å². The fourth-order valence-electron chi connectivity index (χ4n) is 2.32. The Balaban J connectivity index is 0.00000242. The molecule has 0 amide bonds. The van der Waals surface area contributed by atoms with E-state index in [1.54, 1.807) is 22.8 Å². The minimum atomic E-state index is -0.747. The van der Waals surface area contributed by atoms with Crippen LogP contribution in [0.5, 0.6) is 0 Å². The first-order valence-corrected chi connectivity index (χ1v) is 7.46. The molecule has 5 nitrogen and oxygen atoms in total. The number of carbonyl (C=O) groups is 1. The first-order chi connectivity index (χ1) is 10.1. The summed E-state index contributed by atoms with van der Waals surface area (Å²) in [5, 5.41) is 9.11. The molecule has 0 fully saturated rings. The van der Waals surface area contributed by atoms with Crippen LogP contribution in [0.25, 0.3) is 11.1 Å². The number of aromatic nitrogens is 1. The molecule has 0 saturated heterocycles. The molecule has 0 radical (unpaired) electrons.